The molecule has 0 amide bonds. The third-order valence-corrected chi connectivity index (χ3v) is 1.55. The summed E-state index contributed by atoms with van der Waals surface area (Å²) in [5.74, 6) is 3.34. The minimum absolute atomic E-state index is 0.108. The van der Waals surface area contributed by atoms with Crippen LogP contribution in [0.2, 0.25) is 0 Å². The Hall–Kier alpha value is -1.49. The molecule has 0 N–H and O–H groups in total. The average molecular weight is 162 g/mol. The molecule has 0 atom stereocenters. The van der Waals surface area contributed by atoms with E-state index in [-0.39, 0.29) is 12.2 Å². The van der Waals surface area contributed by atoms with E-state index in [1.54, 1.807) is 12.1 Å². The molecule has 2 heteroatoms. The molecule has 0 saturated heterocycles. The largest absolute Gasteiger partial charge is 0.458 e. The highest BCUT2D eigenvalue weighted by atomic mass is 16.3. The molecule has 0 aromatic carbocycles. The van der Waals surface area contributed by atoms with Gasteiger partial charge in [-0.1, -0.05) is 12.8 Å². The molecule has 0 saturated carbocycles. The Balaban J connectivity index is 2.76. The van der Waals surface area contributed by atoms with E-state index in [1.165, 1.54) is 0 Å². The van der Waals surface area contributed by atoms with Crippen LogP contribution in [0.5, 0.6) is 0 Å². The molecular formula is C10H10O2. The van der Waals surface area contributed by atoms with E-state index < -0.39 is 0 Å². The van der Waals surface area contributed by atoms with Gasteiger partial charge in [-0.05, 0) is 12.1 Å². The summed E-state index contributed by atoms with van der Waals surface area (Å²) in [6.07, 6.45) is 5.90. The first kappa shape index (κ1) is 8.61. The van der Waals surface area contributed by atoms with Crippen molar-refractivity contribution < 1.29 is 9.21 Å². The van der Waals surface area contributed by atoms with Gasteiger partial charge in [0.05, 0.1) is 6.42 Å². The summed E-state index contributed by atoms with van der Waals surface area (Å²) < 4.78 is 5.20. The topological polar surface area (TPSA) is 30.2 Å². The van der Waals surface area contributed by atoms with Crippen molar-refractivity contribution in [2.75, 3.05) is 0 Å². The molecule has 62 valence electrons. The van der Waals surface area contributed by atoms with Crippen molar-refractivity contribution in [1.82, 2.24) is 0 Å². The summed E-state index contributed by atoms with van der Waals surface area (Å²) in [6.45, 7) is 1.97. The number of hydrogen-bond acceptors (Lipinski definition) is 2. The Bertz CT molecular complexity index is 315. The molecule has 1 rings (SSSR count). The molecule has 2 nitrogen and oxygen atoms in total. The molecule has 12 heavy (non-hydrogen) atoms. The summed E-state index contributed by atoms with van der Waals surface area (Å²) >= 11 is 0. The quantitative estimate of drug-likeness (QED) is 0.503. The molecule has 1 heterocycles. The van der Waals surface area contributed by atoms with Crippen LogP contribution in [-0.4, -0.2) is 5.78 Å². The third-order valence-electron chi connectivity index (χ3n) is 1.55. The minimum atomic E-state index is -0.128. The number of carbonyl (C=O) groups excluding carboxylic acids is 1. The summed E-state index contributed by atoms with van der Waals surface area (Å²) in [4.78, 5) is 11.1. The standard InChI is InChI=1S/C10H10O2/c1-3-5-9(11)10-7-6-8(4-2)12-10/h1,6-7H,4-5H2,2H3. The molecular weight excluding hydrogens is 152 g/mol. The van der Waals surface area contributed by atoms with Crippen molar-refractivity contribution >= 4 is 5.78 Å². The normalized spacial score (nSPS) is 9.33. The summed E-state index contributed by atoms with van der Waals surface area (Å²) in [7, 11) is 0. The van der Waals surface area contributed by atoms with E-state index in [4.69, 9.17) is 10.8 Å². The van der Waals surface area contributed by atoms with Crippen molar-refractivity contribution in [1.29, 1.82) is 0 Å². The van der Waals surface area contributed by atoms with Crippen molar-refractivity contribution in [3.8, 4) is 12.3 Å². The van der Waals surface area contributed by atoms with Crippen LogP contribution in [0.25, 0.3) is 0 Å². The number of aryl methyl sites for hydroxylation is 1. The molecule has 0 aliphatic rings. The monoisotopic (exact) mass is 162 g/mol. The Kier molecular flexibility index (Phi) is 2.71. The minimum Gasteiger partial charge on any atom is -0.458 e. The second-order valence-corrected chi connectivity index (χ2v) is 2.42. The first-order chi connectivity index (χ1) is 5.77. The Labute approximate surface area is 71.6 Å². The molecule has 0 spiro atoms. The SMILES string of the molecule is C#CCC(=O)c1ccc(CC)o1. The molecule has 1 aromatic heterocycles. The van der Waals surface area contributed by atoms with Crippen molar-refractivity contribution in [2.45, 2.75) is 19.8 Å². The predicted octanol–water partition coefficient (Wildman–Crippen LogP) is 2.05. The Morgan fingerprint density at radius 1 is 1.67 bits per heavy atom. The molecule has 0 radical (unpaired) electrons. The fraction of sp³-hybridized carbons (Fsp3) is 0.300. The van der Waals surface area contributed by atoms with E-state index in [2.05, 4.69) is 5.92 Å². The second kappa shape index (κ2) is 3.77. The maximum Gasteiger partial charge on any atom is 0.209 e. The van der Waals surface area contributed by atoms with E-state index >= 15 is 0 Å². The van der Waals surface area contributed by atoms with Crippen LogP contribution in [0, 0.1) is 12.3 Å². The van der Waals surface area contributed by atoms with Gasteiger partial charge in [0, 0.05) is 6.42 Å². The fourth-order valence-electron chi connectivity index (χ4n) is 0.898. The summed E-state index contributed by atoms with van der Waals surface area (Å²) in [6, 6.07) is 3.46. The van der Waals surface area contributed by atoms with Gasteiger partial charge in [0.2, 0.25) is 5.78 Å². The first-order valence-corrected chi connectivity index (χ1v) is 3.83. The first-order valence-electron chi connectivity index (χ1n) is 3.83. The van der Waals surface area contributed by atoms with Gasteiger partial charge in [0.1, 0.15) is 5.76 Å². The summed E-state index contributed by atoms with van der Waals surface area (Å²) in [5, 5.41) is 0. The molecule has 1 aromatic rings. The van der Waals surface area contributed by atoms with Crippen molar-refractivity contribution in [3.63, 3.8) is 0 Å². The molecule has 0 aliphatic heterocycles. The number of ketones is 1. The molecule has 0 unspecified atom stereocenters. The van der Waals surface area contributed by atoms with Crippen LogP contribution in [0.1, 0.15) is 29.7 Å². The van der Waals surface area contributed by atoms with Crippen LogP contribution < -0.4 is 0 Å². The van der Waals surface area contributed by atoms with Crippen LogP contribution in [0.15, 0.2) is 16.5 Å². The fourth-order valence-corrected chi connectivity index (χ4v) is 0.898. The number of Topliss-reactive ketones (excluding diaryl/α,β-unsaturated/α-hetero) is 1. The van der Waals surface area contributed by atoms with Crippen LogP contribution in [-0.2, 0) is 6.42 Å². The van der Waals surface area contributed by atoms with Gasteiger partial charge in [0.25, 0.3) is 0 Å². The number of hydrogen-bond donors (Lipinski definition) is 0. The van der Waals surface area contributed by atoms with Gasteiger partial charge < -0.3 is 4.42 Å². The van der Waals surface area contributed by atoms with E-state index in [0.29, 0.717) is 5.76 Å². The van der Waals surface area contributed by atoms with Crippen LogP contribution in [0.4, 0.5) is 0 Å². The lowest BCUT2D eigenvalue weighted by Crippen LogP contribution is -1.93. The highest BCUT2D eigenvalue weighted by Gasteiger charge is 2.08. The van der Waals surface area contributed by atoms with Crippen LogP contribution >= 0.6 is 0 Å². The van der Waals surface area contributed by atoms with E-state index in [0.717, 1.165) is 12.2 Å². The Morgan fingerprint density at radius 3 is 2.92 bits per heavy atom. The molecule has 0 fully saturated rings. The lowest BCUT2D eigenvalue weighted by Gasteiger charge is -1.89. The van der Waals surface area contributed by atoms with Crippen molar-refractivity contribution in [2.24, 2.45) is 0 Å². The maximum absolute atomic E-state index is 11.1. The third kappa shape index (κ3) is 1.76. The highest BCUT2D eigenvalue weighted by Crippen LogP contribution is 2.09. The van der Waals surface area contributed by atoms with Gasteiger partial charge in [-0.15, -0.1) is 6.42 Å². The Morgan fingerprint density at radius 2 is 2.42 bits per heavy atom. The summed E-state index contributed by atoms with van der Waals surface area (Å²) in [5.41, 5.74) is 0. The van der Waals surface area contributed by atoms with Gasteiger partial charge in [-0.25, -0.2) is 0 Å². The smallest absolute Gasteiger partial charge is 0.209 e. The molecule has 0 aliphatic carbocycles. The second-order valence-electron chi connectivity index (χ2n) is 2.42. The highest BCUT2D eigenvalue weighted by molar-refractivity contribution is 5.94. The van der Waals surface area contributed by atoms with Gasteiger partial charge in [-0.2, -0.15) is 0 Å². The predicted molar refractivity (Wildman–Crippen MR) is 45.9 cm³/mol. The molecule has 0 bridgehead atoms. The number of rotatable bonds is 3. The van der Waals surface area contributed by atoms with E-state index in [9.17, 15) is 4.79 Å². The van der Waals surface area contributed by atoms with E-state index in [1.807, 2.05) is 6.92 Å². The van der Waals surface area contributed by atoms with Gasteiger partial charge >= 0.3 is 0 Å². The zero-order valence-electron chi connectivity index (χ0n) is 6.96. The van der Waals surface area contributed by atoms with Crippen molar-refractivity contribution in [3.05, 3.63) is 23.7 Å². The lowest BCUT2D eigenvalue weighted by atomic mass is 10.2. The zero-order chi connectivity index (χ0) is 8.97. The lowest BCUT2D eigenvalue weighted by molar-refractivity contribution is 0.0970. The zero-order valence-corrected chi connectivity index (χ0v) is 6.96. The number of carbonyl (C=O) groups is 1. The maximum atomic E-state index is 11.1. The average Bonchev–Trinajstić information content (AvgIpc) is 2.52. The number of terminal acetylenes is 1. The van der Waals surface area contributed by atoms with Crippen LogP contribution in [0.3, 0.4) is 0 Å². The number of furan rings is 1. The van der Waals surface area contributed by atoms with Gasteiger partial charge in [-0.3, -0.25) is 4.79 Å². The van der Waals surface area contributed by atoms with Gasteiger partial charge in [0.15, 0.2) is 5.76 Å².